The lowest BCUT2D eigenvalue weighted by Crippen LogP contribution is -2.64. The third-order valence-electron chi connectivity index (χ3n) is 13.3. The zero-order valence-electron chi connectivity index (χ0n) is 30.9. The van der Waals surface area contributed by atoms with Gasteiger partial charge in [-0.1, -0.05) is 25.3 Å². The normalized spacial score (nSPS) is 25.3. The average Bonchev–Trinajstić information content (AvgIpc) is 3.56. The van der Waals surface area contributed by atoms with Crippen molar-refractivity contribution in [3.05, 3.63) is 70.5 Å². The Balaban J connectivity index is 1.12. The number of hydrogen-bond acceptors (Lipinski definition) is 8. The second-order valence-corrected chi connectivity index (χ2v) is 17.5. The molecule has 6 aliphatic rings. The molecule has 54 heavy (non-hydrogen) atoms. The molecule has 6 heterocycles. The molecule has 2 atom stereocenters. The molecule has 0 radical (unpaired) electrons. The monoisotopic (exact) mass is 751 g/mol. The number of aromatic nitrogens is 3. The number of carbonyl (C=O) groups is 2. The van der Waals surface area contributed by atoms with Gasteiger partial charge in [0.05, 0.1) is 55.6 Å². The summed E-state index contributed by atoms with van der Waals surface area (Å²) in [6, 6.07) is 11.7. The Kier molecular flexibility index (Phi) is 7.56. The predicted octanol–water partition coefficient (Wildman–Crippen LogP) is 4.59. The van der Waals surface area contributed by atoms with E-state index in [4.69, 9.17) is 9.47 Å². The smallest absolute Gasteiger partial charge is 0.304 e. The Hall–Kier alpha value is -4.50. The number of piperidine rings is 1. The number of fused-ring (bicyclic) bond motifs is 5. The maximum Gasteiger partial charge on any atom is 0.304 e. The van der Waals surface area contributed by atoms with Gasteiger partial charge in [-0.25, -0.2) is 4.72 Å². The molecule has 2 aromatic carbocycles. The first kappa shape index (κ1) is 34.0. The van der Waals surface area contributed by atoms with Crippen LogP contribution in [0.2, 0.25) is 0 Å². The molecule has 4 aliphatic heterocycles. The van der Waals surface area contributed by atoms with Gasteiger partial charge in [-0.05, 0) is 91.8 Å². The Labute approximate surface area is 314 Å². The number of morpholine rings is 1. The lowest BCUT2D eigenvalue weighted by Gasteiger charge is -2.48. The SMILES string of the molecule is COc1ccc2c(c1)C=C(c1c(C(=O)N3C45CCC34N(C)C5)cnn1C)Cn1c-2c(C2CCCCC2)c2ccc(C(=O)NS(=O)(=O)N3CCOCC3)cc21. The van der Waals surface area contributed by atoms with Crippen LogP contribution in [0.4, 0.5) is 0 Å². The van der Waals surface area contributed by atoms with E-state index >= 15 is 0 Å². The lowest BCUT2D eigenvalue weighted by atomic mass is 9.72. The number of allylic oxidation sites excluding steroid dienone is 1. The summed E-state index contributed by atoms with van der Waals surface area (Å²) in [6.45, 7) is 2.25. The highest BCUT2D eigenvalue weighted by Crippen LogP contribution is 2.74. The minimum Gasteiger partial charge on any atom is -0.497 e. The number of hydrogen-bond donors (Lipinski definition) is 1. The average molecular weight is 752 g/mol. The van der Waals surface area contributed by atoms with Crippen molar-refractivity contribution in [2.24, 2.45) is 7.05 Å². The van der Waals surface area contributed by atoms with Crippen LogP contribution in [0.25, 0.3) is 33.8 Å². The molecule has 0 spiro atoms. The van der Waals surface area contributed by atoms with E-state index in [2.05, 4.69) is 49.4 Å². The Morgan fingerprint density at radius 1 is 1.00 bits per heavy atom. The number of benzene rings is 2. The van der Waals surface area contributed by atoms with Crippen LogP contribution in [0.5, 0.6) is 5.75 Å². The quantitative estimate of drug-likeness (QED) is 0.272. The van der Waals surface area contributed by atoms with Crippen LogP contribution in [-0.4, -0.2) is 107 Å². The minimum atomic E-state index is -4.06. The van der Waals surface area contributed by atoms with Gasteiger partial charge >= 0.3 is 10.2 Å². The third kappa shape index (κ3) is 4.66. The van der Waals surface area contributed by atoms with Gasteiger partial charge in [0, 0.05) is 48.7 Å². The number of likely N-dealkylation sites (tertiary alicyclic amines) is 2. The number of carbonyl (C=O) groups excluding carboxylic acids is 2. The van der Waals surface area contributed by atoms with Crippen LogP contribution < -0.4 is 9.46 Å². The summed E-state index contributed by atoms with van der Waals surface area (Å²) >= 11 is 0. The first-order chi connectivity index (χ1) is 26.1. The molecule has 282 valence electrons. The maximum absolute atomic E-state index is 14.5. The van der Waals surface area contributed by atoms with Gasteiger partial charge in [-0.2, -0.15) is 17.8 Å². The van der Waals surface area contributed by atoms with Crippen molar-refractivity contribution < 1.29 is 27.5 Å². The Morgan fingerprint density at radius 2 is 1.80 bits per heavy atom. The van der Waals surface area contributed by atoms with E-state index in [0.29, 0.717) is 18.0 Å². The van der Waals surface area contributed by atoms with E-state index in [1.165, 1.54) is 16.3 Å². The summed E-state index contributed by atoms with van der Waals surface area (Å²) in [5.74, 6) is 0.372. The topological polar surface area (TPSA) is 131 Å². The molecular formula is C40H45N7O6S. The molecule has 14 heteroatoms. The highest BCUT2D eigenvalue weighted by molar-refractivity contribution is 7.87. The lowest BCUT2D eigenvalue weighted by molar-refractivity contribution is 0.00962. The number of methoxy groups -OCH3 is 1. The fourth-order valence-corrected chi connectivity index (χ4v) is 11.7. The first-order valence-electron chi connectivity index (χ1n) is 19.1. The van der Waals surface area contributed by atoms with E-state index in [-0.39, 0.29) is 49.0 Å². The van der Waals surface area contributed by atoms with Crippen molar-refractivity contribution in [2.75, 3.05) is 47.0 Å². The number of likely N-dealkylation sites (N-methyl/N-ethyl adjacent to an activating group) is 1. The van der Waals surface area contributed by atoms with Crippen molar-refractivity contribution in [3.63, 3.8) is 0 Å². The Morgan fingerprint density at radius 3 is 2.48 bits per heavy atom. The van der Waals surface area contributed by atoms with Gasteiger partial charge < -0.3 is 18.9 Å². The molecule has 2 aliphatic carbocycles. The third-order valence-corrected chi connectivity index (χ3v) is 14.8. The van der Waals surface area contributed by atoms with Crippen molar-refractivity contribution in [3.8, 4) is 17.0 Å². The van der Waals surface area contributed by atoms with Crippen molar-refractivity contribution in [1.82, 2.24) is 33.2 Å². The van der Waals surface area contributed by atoms with Gasteiger partial charge in [0.15, 0.2) is 0 Å². The van der Waals surface area contributed by atoms with Gasteiger partial charge in [0.2, 0.25) is 0 Å². The Bertz CT molecular complexity index is 2410. The fourth-order valence-electron chi connectivity index (χ4n) is 10.6. The fraction of sp³-hybridized carbons (Fsp3) is 0.475. The molecular weight excluding hydrogens is 707 g/mol. The highest BCUT2D eigenvalue weighted by Gasteiger charge is 2.91. The van der Waals surface area contributed by atoms with Crippen LogP contribution in [-0.2, 0) is 28.5 Å². The highest BCUT2D eigenvalue weighted by atomic mass is 32.2. The molecule has 2 unspecified atom stereocenters. The molecule has 0 bridgehead atoms. The second kappa shape index (κ2) is 12.0. The van der Waals surface area contributed by atoms with E-state index in [1.807, 2.05) is 25.2 Å². The summed E-state index contributed by atoms with van der Waals surface area (Å²) in [7, 11) is 1.59. The number of amides is 2. The van der Waals surface area contributed by atoms with E-state index < -0.39 is 16.1 Å². The summed E-state index contributed by atoms with van der Waals surface area (Å²) in [4.78, 5) is 32.6. The largest absolute Gasteiger partial charge is 0.497 e. The maximum atomic E-state index is 14.5. The summed E-state index contributed by atoms with van der Waals surface area (Å²) in [5.41, 5.74) is 7.49. The van der Waals surface area contributed by atoms with Gasteiger partial charge in [0.25, 0.3) is 11.8 Å². The van der Waals surface area contributed by atoms with Crippen molar-refractivity contribution >= 4 is 44.6 Å². The summed E-state index contributed by atoms with van der Waals surface area (Å²) < 4.78 is 45.2. The van der Waals surface area contributed by atoms with Crippen LogP contribution in [0, 0.1) is 0 Å². The predicted molar refractivity (Wildman–Crippen MR) is 203 cm³/mol. The molecule has 2 aromatic heterocycles. The van der Waals surface area contributed by atoms with Crippen LogP contribution in [0.1, 0.15) is 88.4 Å². The molecule has 4 aromatic rings. The van der Waals surface area contributed by atoms with Gasteiger partial charge in [0.1, 0.15) is 11.4 Å². The molecule has 2 saturated carbocycles. The van der Waals surface area contributed by atoms with Crippen LogP contribution in [0.3, 0.4) is 0 Å². The summed E-state index contributed by atoms with van der Waals surface area (Å²) in [5, 5.41) is 5.71. The molecule has 10 rings (SSSR count). The van der Waals surface area contributed by atoms with Crippen molar-refractivity contribution in [1.29, 1.82) is 0 Å². The zero-order valence-corrected chi connectivity index (χ0v) is 31.7. The van der Waals surface area contributed by atoms with E-state index in [0.717, 1.165) is 89.8 Å². The van der Waals surface area contributed by atoms with E-state index in [1.54, 1.807) is 24.1 Å². The molecule has 1 N–H and O–H groups in total. The van der Waals surface area contributed by atoms with Gasteiger partial charge in [-0.3, -0.25) is 19.2 Å². The number of nitrogens with zero attached hydrogens (tertiary/aromatic N) is 6. The molecule has 3 saturated heterocycles. The van der Waals surface area contributed by atoms with Gasteiger partial charge in [-0.15, -0.1) is 0 Å². The number of rotatable bonds is 7. The standard InChI is InChI=1S/C40H45N7O6S/c1-43-24-39-13-14-40(39,43)47(39)38(49)32-22-41-44(2)35(32)28-19-27-20-29(52-3)10-12-30(27)36-34(25-7-5-4-6-8-25)31-11-9-26(21-33(31)46(36)23-28)37(48)42-54(50,51)45-15-17-53-18-16-45/h9-12,19-22,25H,4-8,13-18,23-24H2,1-3H3,(H,42,48). The minimum absolute atomic E-state index is 0.0110. The number of ether oxygens (including phenoxy) is 2. The second-order valence-electron chi connectivity index (χ2n) is 15.9. The van der Waals surface area contributed by atoms with Crippen LogP contribution >= 0.6 is 0 Å². The number of aryl methyl sites for hydroxylation is 1. The van der Waals surface area contributed by atoms with Crippen LogP contribution in [0.15, 0.2) is 42.6 Å². The molecule has 13 nitrogen and oxygen atoms in total. The first-order valence-corrected chi connectivity index (χ1v) is 20.6. The van der Waals surface area contributed by atoms with Crippen molar-refractivity contribution in [2.45, 2.75) is 68.6 Å². The number of nitrogens with one attached hydrogen (secondary N) is 1. The summed E-state index contributed by atoms with van der Waals surface area (Å²) in [6.07, 6.45) is 11.5. The molecule has 2 amide bonds. The van der Waals surface area contributed by atoms with E-state index in [9.17, 15) is 18.0 Å². The molecule has 5 fully saturated rings. The zero-order chi connectivity index (χ0) is 37.1.